The predicted molar refractivity (Wildman–Crippen MR) is 98.6 cm³/mol. The third kappa shape index (κ3) is 2.12. The summed E-state index contributed by atoms with van der Waals surface area (Å²) < 4.78 is 17.5. The van der Waals surface area contributed by atoms with Crippen LogP contribution in [0.15, 0.2) is 41.6 Å². The first-order valence-electron chi connectivity index (χ1n) is 8.36. The Morgan fingerprint density at radius 3 is 2.85 bits per heavy atom. The lowest BCUT2D eigenvalue weighted by molar-refractivity contribution is 0.630. The van der Waals surface area contributed by atoms with Crippen molar-refractivity contribution >= 4 is 33.5 Å². The number of hydrogen-bond acceptors (Lipinski definition) is 3. The number of aryl methyl sites for hydroxylation is 1. The van der Waals surface area contributed by atoms with Crippen molar-refractivity contribution < 1.29 is 4.39 Å². The molecule has 0 saturated heterocycles. The first-order valence-corrected chi connectivity index (χ1v) is 8.74. The summed E-state index contributed by atoms with van der Waals surface area (Å²) in [6.07, 6.45) is 5.40. The maximum absolute atomic E-state index is 14.2. The van der Waals surface area contributed by atoms with Crippen molar-refractivity contribution in [2.24, 2.45) is 7.05 Å². The van der Waals surface area contributed by atoms with Gasteiger partial charge in [-0.1, -0.05) is 11.6 Å². The third-order valence-electron chi connectivity index (χ3n) is 4.90. The highest BCUT2D eigenvalue weighted by atomic mass is 35.5. The Bertz CT molecular complexity index is 1260. The number of aromatic nitrogens is 4. The molecule has 3 heterocycles. The maximum Gasteiger partial charge on any atom is 0.283 e. The van der Waals surface area contributed by atoms with E-state index in [1.54, 1.807) is 34.8 Å². The lowest BCUT2D eigenvalue weighted by Gasteiger charge is -2.15. The van der Waals surface area contributed by atoms with Gasteiger partial charge >= 0.3 is 0 Å². The van der Waals surface area contributed by atoms with Crippen LogP contribution in [-0.2, 0) is 7.05 Å². The number of pyridine rings is 2. The van der Waals surface area contributed by atoms with E-state index in [1.165, 1.54) is 12.1 Å². The Hall–Kier alpha value is -2.73. The van der Waals surface area contributed by atoms with Crippen LogP contribution < -0.4 is 5.56 Å². The van der Waals surface area contributed by atoms with Crippen LogP contribution in [-0.4, -0.2) is 19.1 Å². The molecule has 1 saturated carbocycles. The minimum atomic E-state index is -0.527. The molecule has 1 aromatic carbocycles. The Balaban J connectivity index is 2.01. The minimum absolute atomic E-state index is 0.0240. The number of hydrogen-bond donors (Lipinski definition) is 0. The summed E-state index contributed by atoms with van der Waals surface area (Å²) in [6, 6.07) is 6.54. The largest absolute Gasteiger partial charge is 0.333 e. The molecule has 1 aliphatic carbocycles. The average Bonchev–Trinajstić information content (AvgIpc) is 3.40. The van der Waals surface area contributed by atoms with Crippen molar-refractivity contribution in [1.82, 2.24) is 19.1 Å². The van der Waals surface area contributed by atoms with E-state index in [9.17, 15) is 9.18 Å². The zero-order valence-corrected chi connectivity index (χ0v) is 14.7. The second-order valence-corrected chi connectivity index (χ2v) is 7.07. The first kappa shape index (κ1) is 15.5. The summed E-state index contributed by atoms with van der Waals surface area (Å²) in [5.41, 5.74) is 2.77. The van der Waals surface area contributed by atoms with Gasteiger partial charge in [0, 0.05) is 24.5 Å². The quantitative estimate of drug-likeness (QED) is 0.538. The first-order chi connectivity index (χ1) is 12.6. The molecule has 3 aromatic heterocycles. The summed E-state index contributed by atoms with van der Waals surface area (Å²) >= 11 is 6.05. The maximum atomic E-state index is 14.2. The van der Waals surface area contributed by atoms with Crippen molar-refractivity contribution in [1.29, 1.82) is 0 Å². The summed E-state index contributed by atoms with van der Waals surface area (Å²) in [4.78, 5) is 22.0. The Morgan fingerprint density at radius 1 is 1.27 bits per heavy atom. The molecule has 0 unspecified atom stereocenters. The van der Waals surface area contributed by atoms with Gasteiger partial charge in [-0.25, -0.2) is 9.37 Å². The standard InChI is InChI=1S/C19H14ClFN4O/c1-24-9-23-17-18(24)11-7-13(21)12(20)8-15(11)25(19(17)26)14-3-2-6-22-16(14)10-4-5-10/h2-3,6-10H,4-5H2,1H3. The van der Waals surface area contributed by atoms with Crippen molar-refractivity contribution in [3.05, 3.63) is 63.7 Å². The SMILES string of the molecule is Cn1cnc2c(=O)n(-c3cccnc3C3CC3)c3cc(Cl)c(F)cc3c21. The van der Waals surface area contributed by atoms with E-state index in [1.807, 2.05) is 6.07 Å². The van der Waals surface area contributed by atoms with E-state index in [2.05, 4.69) is 9.97 Å². The molecule has 1 fully saturated rings. The second kappa shape index (κ2) is 5.38. The van der Waals surface area contributed by atoms with Crippen molar-refractivity contribution in [3.63, 3.8) is 0 Å². The predicted octanol–water partition coefficient (Wildman–Crippen LogP) is 3.94. The number of halogens is 2. The van der Waals surface area contributed by atoms with Crippen LogP contribution in [0.5, 0.6) is 0 Å². The van der Waals surface area contributed by atoms with Crippen molar-refractivity contribution in [2.45, 2.75) is 18.8 Å². The van der Waals surface area contributed by atoms with Crippen LogP contribution in [0, 0.1) is 5.82 Å². The molecular formula is C19H14ClFN4O. The fourth-order valence-electron chi connectivity index (χ4n) is 3.54. The highest BCUT2D eigenvalue weighted by Gasteiger charge is 2.29. The van der Waals surface area contributed by atoms with E-state index >= 15 is 0 Å². The highest BCUT2D eigenvalue weighted by molar-refractivity contribution is 6.31. The minimum Gasteiger partial charge on any atom is -0.333 e. The van der Waals surface area contributed by atoms with Gasteiger partial charge in [-0.3, -0.25) is 14.3 Å². The number of benzene rings is 1. The van der Waals surface area contributed by atoms with Gasteiger partial charge in [0.15, 0.2) is 5.52 Å². The number of nitrogens with zero attached hydrogens (tertiary/aromatic N) is 4. The van der Waals surface area contributed by atoms with E-state index in [0.717, 1.165) is 18.5 Å². The monoisotopic (exact) mass is 368 g/mol. The molecule has 0 N–H and O–H groups in total. The molecule has 0 aliphatic heterocycles. The van der Waals surface area contributed by atoms with Gasteiger partial charge < -0.3 is 4.57 Å². The Labute approximate surface area is 152 Å². The Kier molecular flexibility index (Phi) is 3.21. The molecule has 5 rings (SSSR count). The number of rotatable bonds is 2. The van der Waals surface area contributed by atoms with Crippen LogP contribution in [0.2, 0.25) is 5.02 Å². The molecule has 7 heteroatoms. The van der Waals surface area contributed by atoms with Gasteiger partial charge in [0.1, 0.15) is 5.82 Å². The zero-order chi connectivity index (χ0) is 18.0. The summed E-state index contributed by atoms with van der Waals surface area (Å²) in [5.74, 6) is -0.177. The van der Waals surface area contributed by atoms with E-state index in [4.69, 9.17) is 11.6 Å². The van der Waals surface area contributed by atoms with E-state index < -0.39 is 5.82 Å². The van der Waals surface area contributed by atoms with Gasteiger partial charge in [0.2, 0.25) is 0 Å². The molecular weight excluding hydrogens is 355 g/mol. The summed E-state index contributed by atoms with van der Waals surface area (Å²) in [7, 11) is 1.78. The van der Waals surface area contributed by atoms with Crippen molar-refractivity contribution in [3.8, 4) is 5.69 Å². The van der Waals surface area contributed by atoms with Crippen LogP contribution in [0.25, 0.3) is 27.6 Å². The van der Waals surface area contributed by atoms with Crippen LogP contribution in [0.1, 0.15) is 24.5 Å². The molecule has 0 spiro atoms. The topological polar surface area (TPSA) is 52.7 Å². The number of fused-ring (bicyclic) bond motifs is 3. The molecule has 0 radical (unpaired) electrons. The highest BCUT2D eigenvalue weighted by Crippen LogP contribution is 2.42. The van der Waals surface area contributed by atoms with Crippen LogP contribution >= 0.6 is 11.6 Å². The fourth-order valence-corrected chi connectivity index (χ4v) is 3.70. The van der Waals surface area contributed by atoms with Crippen molar-refractivity contribution in [2.75, 3.05) is 0 Å². The normalized spacial score (nSPS) is 14.4. The second-order valence-electron chi connectivity index (χ2n) is 6.66. The van der Waals surface area contributed by atoms with Crippen LogP contribution in [0.4, 0.5) is 4.39 Å². The zero-order valence-electron chi connectivity index (χ0n) is 13.9. The lowest BCUT2D eigenvalue weighted by atomic mass is 10.1. The van der Waals surface area contributed by atoms with E-state index in [0.29, 0.717) is 33.5 Å². The lowest BCUT2D eigenvalue weighted by Crippen LogP contribution is -2.21. The van der Waals surface area contributed by atoms with Gasteiger partial charge in [0.25, 0.3) is 5.56 Å². The van der Waals surface area contributed by atoms with Crippen LogP contribution in [0.3, 0.4) is 0 Å². The average molecular weight is 369 g/mol. The molecule has 1 aliphatic rings. The Morgan fingerprint density at radius 2 is 2.08 bits per heavy atom. The fraction of sp³-hybridized carbons (Fsp3) is 0.211. The molecule has 4 aromatic rings. The smallest absolute Gasteiger partial charge is 0.283 e. The molecule has 130 valence electrons. The molecule has 0 bridgehead atoms. The number of imidazole rings is 1. The van der Waals surface area contributed by atoms with Gasteiger partial charge in [-0.15, -0.1) is 0 Å². The molecule has 26 heavy (non-hydrogen) atoms. The van der Waals surface area contributed by atoms with Gasteiger partial charge in [-0.2, -0.15) is 0 Å². The molecule has 0 amide bonds. The van der Waals surface area contributed by atoms with Gasteiger partial charge in [0.05, 0.1) is 33.8 Å². The summed E-state index contributed by atoms with van der Waals surface area (Å²) in [6.45, 7) is 0. The third-order valence-corrected chi connectivity index (χ3v) is 5.19. The summed E-state index contributed by atoms with van der Waals surface area (Å²) in [5, 5.41) is 0.566. The molecule has 0 atom stereocenters. The van der Waals surface area contributed by atoms with E-state index in [-0.39, 0.29) is 10.6 Å². The van der Waals surface area contributed by atoms with Gasteiger partial charge in [-0.05, 0) is 37.1 Å². The molecule has 5 nitrogen and oxygen atoms in total.